The van der Waals surface area contributed by atoms with E-state index in [1.165, 1.54) is 83.5 Å². The van der Waals surface area contributed by atoms with Gasteiger partial charge in [-0.2, -0.15) is 0 Å². The van der Waals surface area contributed by atoms with Crippen LogP contribution in [-0.2, 0) is 14.3 Å². The van der Waals surface area contributed by atoms with Crippen LogP contribution in [0.5, 0.6) is 0 Å². The third kappa shape index (κ3) is 18.1. The second kappa shape index (κ2) is 20.4. The van der Waals surface area contributed by atoms with Gasteiger partial charge in [-0.3, -0.25) is 9.59 Å². The number of rotatable bonds is 20. The molecule has 0 saturated heterocycles. The summed E-state index contributed by atoms with van der Waals surface area (Å²) in [6.45, 7) is 4.27. The predicted molar refractivity (Wildman–Crippen MR) is 116 cm³/mol. The van der Waals surface area contributed by atoms with E-state index in [4.69, 9.17) is 9.84 Å². The van der Waals surface area contributed by atoms with Gasteiger partial charge in [0.2, 0.25) is 0 Å². The minimum atomic E-state index is -0.973. The Labute approximate surface area is 173 Å². The topological polar surface area (TPSA) is 63.6 Å². The number of unbranched alkanes of at least 4 members (excludes halogenated alkanes) is 14. The van der Waals surface area contributed by atoms with Crippen molar-refractivity contribution >= 4 is 11.9 Å². The predicted octanol–water partition coefficient (Wildman–Crippen LogP) is 7.07. The number of carbonyl (C=O) groups is 2. The Bertz CT molecular complexity index is 403. The van der Waals surface area contributed by atoms with E-state index in [2.05, 4.69) is 6.92 Å². The van der Waals surface area contributed by atoms with Gasteiger partial charge in [0.25, 0.3) is 0 Å². The Morgan fingerprint density at radius 2 is 1.25 bits per heavy atom. The molecule has 0 bridgehead atoms. The van der Waals surface area contributed by atoms with Gasteiger partial charge in [0, 0.05) is 0 Å². The van der Waals surface area contributed by atoms with Crippen LogP contribution in [0.2, 0.25) is 0 Å². The number of carboxylic acids is 1. The van der Waals surface area contributed by atoms with Gasteiger partial charge in [0.05, 0.1) is 18.9 Å². The summed E-state index contributed by atoms with van der Waals surface area (Å²) < 4.78 is 4.93. The molecular weight excluding hydrogens is 352 g/mol. The number of allylic oxidation sites excluding steroid dienone is 1. The lowest BCUT2D eigenvalue weighted by Gasteiger charge is -2.09. The molecule has 0 rings (SSSR count). The smallest absolute Gasteiger partial charge is 0.313 e. The van der Waals surface area contributed by atoms with E-state index in [1.54, 1.807) is 13.0 Å². The van der Waals surface area contributed by atoms with Gasteiger partial charge in [-0.15, -0.1) is 0 Å². The van der Waals surface area contributed by atoms with Crippen LogP contribution in [0.1, 0.15) is 117 Å². The van der Waals surface area contributed by atoms with Crippen molar-refractivity contribution in [1.82, 2.24) is 0 Å². The maximum atomic E-state index is 11.7. The first-order chi connectivity index (χ1) is 13.6. The normalized spacial score (nSPS) is 12.4. The average molecular weight is 397 g/mol. The fourth-order valence-electron chi connectivity index (χ4n) is 3.38. The molecule has 0 radical (unpaired) electrons. The lowest BCUT2D eigenvalue weighted by Crippen LogP contribution is -2.19. The van der Waals surface area contributed by atoms with E-state index in [1.807, 2.05) is 6.08 Å². The Morgan fingerprint density at radius 1 is 0.786 bits per heavy atom. The highest BCUT2D eigenvalue weighted by Crippen LogP contribution is 2.14. The molecule has 0 aromatic rings. The van der Waals surface area contributed by atoms with Gasteiger partial charge in [-0.25, -0.2) is 0 Å². The summed E-state index contributed by atoms with van der Waals surface area (Å²) in [5, 5.41) is 8.89. The van der Waals surface area contributed by atoms with Crippen LogP contribution in [-0.4, -0.2) is 23.7 Å². The summed E-state index contributed by atoms with van der Waals surface area (Å²) in [6.07, 6.45) is 23.1. The minimum Gasteiger partial charge on any atom is -0.481 e. The van der Waals surface area contributed by atoms with Crippen LogP contribution in [0.4, 0.5) is 0 Å². The summed E-state index contributed by atoms with van der Waals surface area (Å²) in [6, 6.07) is 0. The first-order valence-corrected chi connectivity index (χ1v) is 11.7. The molecule has 0 aliphatic heterocycles. The van der Waals surface area contributed by atoms with Crippen LogP contribution in [0.3, 0.4) is 0 Å². The molecule has 28 heavy (non-hydrogen) atoms. The number of ether oxygens (including phenoxy) is 1. The molecule has 0 aliphatic carbocycles. The van der Waals surface area contributed by atoms with Gasteiger partial charge in [-0.1, -0.05) is 103 Å². The van der Waals surface area contributed by atoms with Crippen LogP contribution >= 0.6 is 0 Å². The SMILES string of the molecule is CCCCCCCCCCCCCCCCC=CC(CC(=O)O)C(=O)OCC. The molecule has 164 valence electrons. The highest BCUT2D eigenvalue weighted by atomic mass is 16.5. The molecule has 0 aliphatic rings. The molecule has 0 saturated carbocycles. The molecule has 4 nitrogen and oxygen atoms in total. The Kier molecular flexibility index (Phi) is 19.5. The van der Waals surface area contributed by atoms with Crippen molar-refractivity contribution in [1.29, 1.82) is 0 Å². The zero-order chi connectivity index (χ0) is 20.9. The van der Waals surface area contributed by atoms with Crippen molar-refractivity contribution in [3.8, 4) is 0 Å². The number of hydrogen-bond donors (Lipinski definition) is 1. The van der Waals surface area contributed by atoms with E-state index in [0.29, 0.717) is 0 Å². The molecule has 1 atom stereocenters. The monoisotopic (exact) mass is 396 g/mol. The molecule has 4 heteroatoms. The molecule has 1 N–H and O–H groups in total. The van der Waals surface area contributed by atoms with Crippen molar-refractivity contribution in [2.24, 2.45) is 5.92 Å². The molecule has 0 heterocycles. The molecule has 1 unspecified atom stereocenters. The molecule has 0 amide bonds. The molecule has 0 aromatic carbocycles. The quantitative estimate of drug-likeness (QED) is 0.136. The van der Waals surface area contributed by atoms with Gasteiger partial charge < -0.3 is 9.84 Å². The summed E-state index contributed by atoms with van der Waals surface area (Å²) in [7, 11) is 0. The summed E-state index contributed by atoms with van der Waals surface area (Å²) in [5.74, 6) is -2.08. The van der Waals surface area contributed by atoms with Crippen LogP contribution < -0.4 is 0 Å². The van der Waals surface area contributed by atoms with Crippen molar-refractivity contribution in [3.05, 3.63) is 12.2 Å². The van der Waals surface area contributed by atoms with Crippen molar-refractivity contribution in [2.75, 3.05) is 6.61 Å². The van der Waals surface area contributed by atoms with Gasteiger partial charge in [0.1, 0.15) is 0 Å². The first-order valence-electron chi connectivity index (χ1n) is 11.7. The molecule has 0 fully saturated rings. The fourth-order valence-corrected chi connectivity index (χ4v) is 3.38. The summed E-state index contributed by atoms with van der Waals surface area (Å²) in [5.41, 5.74) is 0. The molecular formula is C24H44O4. The largest absolute Gasteiger partial charge is 0.481 e. The lowest BCUT2D eigenvalue weighted by molar-refractivity contribution is -0.150. The second-order valence-electron chi connectivity index (χ2n) is 7.77. The number of hydrogen-bond acceptors (Lipinski definition) is 3. The zero-order valence-corrected chi connectivity index (χ0v) is 18.4. The number of esters is 1. The maximum Gasteiger partial charge on any atom is 0.313 e. The van der Waals surface area contributed by atoms with Gasteiger partial charge in [0.15, 0.2) is 0 Å². The summed E-state index contributed by atoms with van der Waals surface area (Å²) in [4.78, 5) is 22.6. The van der Waals surface area contributed by atoms with Gasteiger partial charge >= 0.3 is 11.9 Å². The zero-order valence-electron chi connectivity index (χ0n) is 18.4. The highest BCUT2D eigenvalue weighted by molar-refractivity contribution is 5.80. The van der Waals surface area contributed by atoms with Crippen LogP contribution in [0, 0.1) is 5.92 Å². The number of carboxylic acid groups (broad SMARTS) is 1. The van der Waals surface area contributed by atoms with E-state index in [-0.39, 0.29) is 13.0 Å². The number of aliphatic carboxylic acids is 1. The van der Waals surface area contributed by atoms with E-state index in [9.17, 15) is 9.59 Å². The Morgan fingerprint density at radius 3 is 1.68 bits per heavy atom. The lowest BCUT2D eigenvalue weighted by atomic mass is 10.0. The third-order valence-corrected chi connectivity index (χ3v) is 5.08. The van der Waals surface area contributed by atoms with E-state index in [0.717, 1.165) is 12.8 Å². The summed E-state index contributed by atoms with van der Waals surface area (Å²) >= 11 is 0. The van der Waals surface area contributed by atoms with Crippen LogP contribution in [0.25, 0.3) is 0 Å². The first kappa shape index (κ1) is 26.7. The van der Waals surface area contributed by atoms with Crippen molar-refractivity contribution < 1.29 is 19.4 Å². The minimum absolute atomic E-state index is 0.200. The highest BCUT2D eigenvalue weighted by Gasteiger charge is 2.19. The van der Waals surface area contributed by atoms with Crippen molar-refractivity contribution in [3.63, 3.8) is 0 Å². The van der Waals surface area contributed by atoms with Crippen molar-refractivity contribution in [2.45, 2.75) is 117 Å². The number of carbonyl (C=O) groups excluding carboxylic acids is 1. The molecule has 0 aromatic heterocycles. The second-order valence-corrected chi connectivity index (χ2v) is 7.77. The Hall–Kier alpha value is -1.32. The van der Waals surface area contributed by atoms with E-state index >= 15 is 0 Å². The molecule has 0 spiro atoms. The Balaban J connectivity index is 3.53. The fraction of sp³-hybridized carbons (Fsp3) is 0.833. The van der Waals surface area contributed by atoms with Gasteiger partial charge in [-0.05, 0) is 19.8 Å². The maximum absolute atomic E-state index is 11.7. The van der Waals surface area contributed by atoms with Crippen LogP contribution in [0.15, 0.2) is 12.2 Å². The third-order valence-electron chi connectivity index (χ3n) is 5.08. The average Bonchev–Trinajstić information content (AvgIpc) is 2.66. The van der Waals surface area contributed by atoms with E-state index < -0.39 is 17.9 Å². The standard InChI is InChI=1S/C24H44O4/c1-3-5-6-7-8-9-10-11-12-13-14-15-16-17-18-19-20-22(21-23(25)26)24(27)28-4-2/h19-20,22H,3-18,21H2,1-2H3,(H,25,26).